The number of hydrogen-bond donors (Lipinski definition) is 1. The maximum absolute atomic E-state index is 13.8. The van der Waals surface area contributed by atoms with Gasteiger partial charge in [-0.25, -0.2) is 4.39 Å². The van der Waals surface area contributed by atoms with Gasteiger partial charge < -0.3 is 14.6 Å². The second-order valence-corrected chi connectivity index (χ2v) is 7.97. The first-order chi connectivity index (χ1) is 12.5. The minimum atomic E-state index is -0.548. The molecule has 7 heteroatoms. The van der Waals surface area contributed by atoms with E-state index in [4.69, 9.17) is 32.7 Å². The van der Waals surface area contributed by atoms with Crippen LogP contribution in [0.25, 0.3) is 0 Å². The topological polar surface area (TPSA) is 41.9 Å². The Hall–Kier alpha value is -0.430. The van der Waals surface area contributed by atoms with Gasteiger partial charge in [0, 0.05) is 30.2 Å². The molecule has 0 radical (unpaired) electrons. The smallest absolute Gasteiger partial charge is 0.142 e. The molecule has 2 fully saturated rings. The molecule has 1 aliphatic carbocycles. The van der Waals surface area contributed by atoms with E-state index in [-0.39, 0.29) is 17.2 Å². The molecule has 0 amide bonds. The quantitative estimate of drug-likeness (QED) is 0.719. The van der Waals surface area contributed by atoms with Crippen LogP contribution in [0.3, 0.4) is 0 Å². The summed E-state index contributed by atoms with van der Waals surface area (Å²) in [7, 11) is 0. The molecule has 26 heavy (non-hydrogen) atoms. The summed E-state index contributed by atoms with van der Waals surface area (Å²) in [6, 6.07) is 2.74. The number of rotatable bonds is 6. The summed E-state index contributed by atoms with van der Waals surface area (Å²) in [6.45, 7) is 2.61. The summed E-state index contributed by atoms with van der Waals surface area (Å²) in [5, 5.41) is 10.7. The van der Waals surface area contributed by atoms with Gasteiger partial charge >= 0.3 is 0 Å². The second-order valence-electron chi connectivity index (χ2n) is 7.15. The fourth-order valence-corrected chi connectivity index (χ4v) is 4.18. The zero-order valence-corrected chi connectivity index (χ0v) is 16.3. The molecule has 0 spiro atoms. The third-order valence-electron chi connectivity index (χ3n) is 5.08. The molecule has 0 bridgehead atoms. The number of aliphatic hydroxyl groups excluding tert-OH is 1. The van der Waals surface area contributed by atoms with Gasteiger partial charge in [-0.3, -0.25) is 4.90 Å². The maximum atomic E-state index is 13.8. The van der Waals surface area contributed by atoms with Crippen molar-refractivity contribution in [2.45, 2.75) is 50.4 Å². The van der Waals surface area contributed by atoms with E-state index in [9.17, 15) is 9.50 Å². The molecule has 1 aliphatic heterocycles. The van der Waals surface area contributed by atoms with Crippen LogP contribution in [0.1, 0.15) is 43.8 Å². The zero-order chi connectivity index (χ0) is 18.5. The highest BCUT2D eigenvalue weighted by atomic mass is 35.5. The van der Waals surface area contributed by atoms with Gasteiger partial charge in [0.05, 0.1) is 36.5 Å². The van der Waals surface area contributed by atoms with Crippen molar-refractivity contribution in [3.05, 3.63) is 33.6 Å². The van der Waals surface area contributed by atoms with Crippen LogP contribution in [0.5, 0.6) is 0 Å². The van der Waals surface area contributed by atoms with Gasteiger partial charge in [0.1, 0.15) is 5.82 Å². The van der Waals surface area contributed by atoms with Crippen molar-refractivity contribution in [3.63, 3.8) is 0 Å². The van der Waals surface area contributed by atoms with Gasteiger partial charge in [-0.15, -0.1) is 0 Å². The van der Waals surface area contributed by atoms with Crippen molar-refractivity contribution < 1.29 is 19.0 Å². The molecule has 146 valence electrons. The molecular weight excluding hydrogens is 380 g/mol. The van der Waals surface area contributed by atoms with Crippen molar-refractivity contribution in [1.29, 1.82) is 0 Å². The van der Waals surface area contributed by atoms with E-state index in [1.165, 1.54) is 31.4 Å². The molecule has 1 N–H and O–H groups in total. The molecule has 0 aromatic heterocycles. The van der Waals surface area contributed by atoms with Crippen molar-refractivity contribution in [2.24, 2.45) is 0 Å². The molecule has 1 saturated carbocycles. The van der Waals surface area contributed by atoms with E-state index in [0.29, 0.717) is 43.4 Å². The third-order valence-corrected chi connectivity index (χ3v) is 5.70. The van der Waals surface area contributed by atoms with E-state index in [1.807, 2.05) is 0 Å². The fourth-order valence-electron chi connectivity index (χ4n) is 3.67. The lowest BCUT2D eigenvalue weighted by molar-refractivity contribution is -0.0645. The van der Waals surface area contributed by atoms with Crippen molar-refractivity contribution >= 4 is 23.2 Å². The number of morpholine rings is 1. The fraction of sp³-hybridized carbons (Fsp3) is 0.684. The predicted octanol–water partition coefficient (Wildman–Crippen LogP) is 4.22. The first-order valence-corrected chi connectivity index (χ1v) is 10.1. The number of ether oxygens (including phenoxy) is 2. The molecule has 2 aliphatic rings. The number of β-amino-alcohol motifs (C(OH)–C–C–N with tert-alkyl or cyclic N) is 1. The van der Waals surface area contributed by atoms with Crippen LogP contribution >= 0.6 is 23.2 Å². The summed E-state index contributed by atoms with van der Waals surface area (Å²) >= 11 is 12.0. The van der Waals surface area contributed by atoms with Crippen molar-refractivity contribution in [2.75, 3.05) is 32.8 Å². The minimum Gasteiger partial charge on any atom is -0.389 e. The molecule has 2 unspecified atom stereocenters. The lowest BCUT2D eigenvalue weighted by Gasteiger charge is -2.35. The number of halogens is 3. The Morgan fingerprint density at radius 1 is 1.23 bits per heavy atom. The van der Waals surface area contributed by atoms with Crippen LogP contribution in [0.15, 0.2) is 12.1 Å². The van der Waals surface area contributed by atoms with Crippen molar-refractivity contribution in [1.82, 2.24) is 4.90 Å². The predicted molar refractivity (Wildman–Crippen MR) is 100 cm³/mol. The van der Waals surface area contributed by atoms with E-state index in [0.717, 1.165) is 12.8 Å². The summed E-state index contributed by atoms with van der Waals surface area (Å²) in [6.07, 6.45) is 5.29. The van der Waals surface area contributed by atoms with Gasteiger partial charge in [0.15, 0.2) is 0 Å². The Labute approximate surface area is 164 Å². The van der Waals surface area contributed by atoms with Gasteiger partial charge in [-0.05, 0) is 25.0 Å². The molecular formula is C19H26Cl2FNO3. The first kappa shape index (κ1) is 20.3. The van der Waals surface area contributed by atoms with E-state index in [2.05, 4.69) is 4.90 Å². The Morgan fingerprint density at radius 3 is 2.77 bits per heavy atom. The molecule has 1 saturated heterocycles. The summed E-state index contributed by atoms with van der Waals surface area (Å²) < 4.78 is 25.4. The summed E-state index contributed by atoms with van der Waals surface area (Å²) in [4.78, 5) is 2.10. The zero-order valence-electron chi connectivity index (χ0n) is 14.8. The monoisotopic (exact) mass is 405 g/mol. The minimum absolute atomic E-state index is 0.00157. The molecule has 1 heterocycles. The van der Waals surface area contributed by atoms with Crippen LogP contribution in [-0.2, 0) is 9.47 Å². The Balaban J connectivity index is 1.51. The molecule has 2 atom stereocenters. The standard InChI is InChI=1S/C19H26Cl2FNO3/c20-16-9-17(21)18(22)8-15(16)19-11-23(6-7-25-19)10-13(24)12-26-14-4-2-1-3-5-14/h8-9,13-14,19,24H,1-7,10-12H2. The van der Waals surface area contributed by atoms with E-state index in [1.54, 1.807) is 0 Å². The summed E-state index contributed by atoms with van der Waals surface area (Å²) in [5.41, 5.74) is 0.589. The first-order valence-electron chi connectivity index (χ1n) is 9.31. The highest BCUT2D eigenvalue weighted by Crippen LogP contribution is 2.32. The van der Waals surface area contributed by atoms with Crippen LogP contribution in [0, 0.1) is 5.82 Å². The Bertz CT molecular complexity index is 598. The number of hydrogen-bond acceptors (Lipinski definition) is 4. The average molecular weight is 406 g/mol. The normalized spacial score (nSPS) is 23.9. The molecule has 4 nitrogen and oxygen atoms in total. The van der Waals surface area contributed by atoms with Gasteiger partial charge in [0.2, 0.25) is 0 Å². The van der Waals surface area contributed by atoms with Crippen LogP contribution in [-0.4, -0.2) is 55.1 Å². The van der Waals surface area contributed by atoms with Crippen molar-refractivity contribution in [3.8, 4) is 0 Å². The number of aliphatic hydroxyl groups is 1. The highest BCUT2D eigenvalue weighted by molar-refractivity contribution is 6.35. The van der Waals surface area contributed by atoms with Crippen LogP contribution in [0.4, 0.5) is 4.39 Å². The second kappa shape index (κ2) is 9.67. The molecule has 1 aromatic rings. The number of benzene rings is 1. The highest BCUT2D eigenvalue weighted by Gasteiger charge is 2.26. The molecule has 3 rings (SSSR count). The third kappa shape index (κ3) is 5.54. The van der Waals surface area contributed by atoms with Crippen LogP contribution in [0.2, 0.25) is 10.0 Å². The van der Waals surface area contributed by atoms with Gasteiger partial charge in [0.25, 0.3) is 0 Å². The Morgan fingerprint density at radius 2 is 2.00 bits per heavy atom. The average Bonchev–Trinajstić information content (AvgIpc) is 2.64. The van der Waals surface area contributed by atoms with Crippen LogP contribution < -0.4 is 0 Å². The van der Waals surface area contributed by atoms with Gasteiger partial charge in [-0.2, -0.15) is 0 Å². The maximum Gasteiger partial charge on any atom is 0.142 e. The largest absolute Gasteiger partial charge is 0.389 e. The number of nitrogens with zero attached hydrogens (tertiary/aromatic N) is 1. The summed E-state index contributed by atoms with van der Waals surface area (Å²) in [5.74, 6) is -0.507. The van der Waals surface area contributed by atoms with E-state index < -0.39 is 11.9 Å². The Kier molecular flexibility index (Phi) is 7.55. The SMILES string of the molecule is OC(COC1CCCCC1)CN1CCOC(c2cc(F)c(Cl)cc2Cl)C1. The lowest BCUT2D eigenvalue weighted by Crippen LogP contribution is -2.43. The lowest BCUT2D eigenvalue weighted by atomic mass is 9.98. The molecule has 1 aromatic carbocycles. The van der Waals surface area contributed by atoms with E-state index >= 15 is 0 Å². The van der Waals surface area contributed by atoms with Gasteiger partial charge in [-0.1, -0.05) is 42.5 Å².